The average molecular weight is 431 g/mol. The number of carbonyl (C=O) groups excluding carboxylic acids is 2. The zero-order valence-electron chi connectivity index (χ0n) is 17.9. The number of hydrogen-bond acceptors (Lipinski definition) is 4. The first-order valence-corrected chi connectivity index (χ1v) is 11.1. The van der Waals surface area contributed by atoms with Crippen molar-refractivity contribution in [2.75, 3.05) is 32.8 Å². The minimum absolute atomic E-state index is 0.0523. The number of aromatic nitrogens is 2. The van der Waals surface area contributed by atoms with Crippen molar-refractivity contribution in [3.63, 3.8) is 0 Å². The highest BCUT2D eigenvalue weighted by molar-refractivity contribution is 6.00. The van der Waals surface area contributed by atoms with E-state index in [-0.39, 0.29) is 17.9 Å². The Balaban J connectivity index is 1.37. The van der Waals surface area contributed by atoms with Gasteiger partial charge in [0.05, 0.1) is 11.3 Å². The van der Waals surface area contributed by atoms with Crippen LogP contribution >= 0.6 is 0 Å². The number of carbonyl (C=O) groups is 2. The Morgan fingerprint density at radius 1 is 0.875 bits per heavy atom. The van der Waals surface area contributed by atoms with Crippen molar-refractivity contribution in [3.8, 4) is 16.9 Å². The number of nitrogens with zero attached hydrogens (tertiary/aromatic N) is 4. The number of hydrogen-bond donors (Lipinski definition) is 0. The van der Waals surface area contributed by atoms with Gasteiger partial charge >= 0.3 is 0 Å². The molecule has 1 unspecified atom stereocenters. The summed E-state index contributed by atoms with van der Waals surface area (Å²) >= 11 is 0. The highest BCUT2D eigenvalue weighted by Gasteiger charge is 2.32. The average Bonchev–Trinajstić information content (AvgIpc) is 3.55. The minimum atomic E-state index is -0.314. The first kappa shape index (κ1) is 20.5. The van der Waals surface area contributed by atoms with Gasteiger partial charge < -0.3 is 14.5 Å². The van der Waals surface area contributed by atoms with Crippen LogP contribution in [0.25, 0.3) is 16.9 Å². The molecule has 2 saturated heterocycles. The molecule has 1 aromatic heterocycles. The molecule has 2 fully saturated rings. The maximum Gasteiger partial charge on any atom is 0.257 e. The largest absolute Gasteiger partial charge is 0.368 e. The summed E-state index contributed by atoms with van der Waals surface area (Å²) in [6, 6.07) is 19.5. The normalized spacial score (nSPS) is 18.7. The van der Waals surface area contributed by atoms with E-state index in [1.165, 1.54) is 0 Å². The predicted octanol–water partition coefficient (Wildman–Crippen LogP) is 3.00. The Morgan fingerprint density at radius 3 is 2.19 bits per heavy atom. The molecule has 7 nitrogen and oxygen atoms in total. The Kier molecular flexibility index (Phi) is 5.73. The van der Waals surface area contributed by atoms with Crippen LogP contribution in [0.4, 0.5) is 0 Å². The lowest BCUT2D eigenvalue weighted by Crippen LogP contribution is -2.52. The zero-order valence-corrected chi connectivity index (χ0v) is 17.9. The van der Waals surface area contributed by atoms with Crippen LogP contribution in [0.1, 0.15) is 23.2 Å². The fourth-order valence-corrected chi connectivity index (χ4v) is 4.33. The van der Waals surface area contributed by atoms with Gasteiger partial charge in [0.25, 0.3) is 11.8 Å². The second kappa shape index (κ2) is 8.96. The molecule has 1 atom stereocenters. The van der Waals surface area contributed by atoms with E-state index in [0.29, 0.717) is 44.0 Å². The van der Waals surface area contributed by atoms with Gasteiger partial charge in [-0.05, 0) is 25.0 Å². The summed E-state index contributed by atoms with van der Waals surface area (Å²) in [7, 11) is 0. The summed E-state index contributed by atoms with van der Waals surface area (Å²) in [5.41, 5.74) is 3.03. The van der Waals surface area contributed by atoms with Gasteiger partial charge in [-0.3, -0.25) is 9.59 Å². The van der Waals surface area contributed by atoms with Gasteiger partial charge in [-0.25, -0.2) is 4.68 Å². The van der Waals surface area contributed by atoms with Crippen LogP contribution in [0.5, 0.6) is 0 Å². The summed E-state index contributed by atoms with van der Waals surface area (Å²) in [6.45, 7) is 2.71. The van der Waals surface area contributed by atoms with Crippen LogP contribution < -0.4 is 0 Å². The highest BCUT2D eigenvalue weighted by atomic mass is 16.5. The third-order valence-electron chi connectivity index (χ3n) is 6.10. The van der Waals surface area contributed by atoms with E-state index in [1.54, 1.807) is 4.68 Å². The minimum Gasteiger partial charge on any atom is -0.368 e. The lowest BCUT2D eigenvalue weighted by molar-refractivity contribution is -0.142. The molecule has 7 heteroatoms. The van der Waals surface area contributed by atoms with E-state index in [4.69, 9.17) is 9.84 Å². The van der Waals surface area contributed by atoms with Crippen molar-refractivity contribution in [2.45, 2.75) is 18.9 Å². The van der Waals surface area contributed by atoms with Gasteiger partial charge in [0, 0.05) is 44.5 Å². The quantitative estimate of drug-likeness (QED) is 0.638. The van der Waals surface area contributed by atoms with E-state index in [2.05, 4.69) is 0 Å². The topological polar surface area (TPSA) is 67.7 Å². The highest BCUT2D eigenvalue weighted by Crippen LogP contribution is 2.25. The number of benzene rings is 2. The van der Waals surface area contributed by atoms with Crippen LogP contribution in [0.2, 0.25) is 0 Å². The molecule has 2 amide bonds. The standard InChI is InChI=1S/C25H26N4O3/c30-24(27-13-15-28(16-14-27)25(31)22-12-7-17-32-22)21-18-29(20-10-5-2-6-11-20)26-23(21)19-8-3-1-4-9-19/h1-6,8-11,18,22H,7,12-17H2. The Hall–Kier alpha value is -3.45. The van der Waals surface area contributed by atoms with Gasteiger partial charge in [-0.15, -0.1) is 0 Å². The fraction of sp³-hybridized carbons (Fsp3) is 0.320. The van der Waals surface area contributed by atoms with E-state index >= 15 is 0 Å². The Morgan fingerprint density at radius 2 is 1.53 bits per heavy atom. The van der Waals surface area contributed by atoms with Crippen LogP contribution in [0.15, 0.2) is 66.9 Å². The molecule has 5 rings (SSSR count). The maximum absolute atomic E-state index is 13.5. The molecule has 0 bridgehead atoms. The van der Waals surface area contributed by atoms with Crippen LogP contribution in [-0.4, -0.2) is 70.3 Å². The molecule has 0 aliphatic carbocycles. The summed E-state index contributed by atoms with van der Waals surface area (Å²) in [4.78, 5) is 29.8. The van der Waals surface area contributed by atoms with Crippen molar-refractivity contribution in [1.29, 1.82) is 0 Å². The smallest absolute Gasteiger partial charge is 0.257 e. The number of para-hydroxylation sites is 1. The molecule has 3 heterocycles. The van der Waals surface area contributed by atoms with E-state index in [0.717, 1.165) is 24.1 Å². The van der Waals surface area contributed by atoms with Crippen molar-refractivity contribution < 1.29 is 14.3 Å². The van der Waals surface area contributed by atoms with Gasteiger partial charge in [0.2, 0.25) is 0 Å². The molecule has 0 N–H and O–H groups in total. The third-order valence-corrected chi connectivity index (χ3v) is 6.10. The molecular weight excluding hydrogens is 404 g/mol. The predicted molar refractivity (Wildman–Crippen MR) is 120 cm³/mol. The molecule has 0 saturated carbocycles. The van der Waals surface area contributed by atoms with Crippen molar-refractivity contribution in [2.24, 2.45) is 0 Å². The number of amides is 2. The molecule has 32 heavy (non-hydrogen) atoms. The van der Waals surface area contributed by atoms with Crippen LogP contribution in [-0.2, 0) is 9.53 Å². The van der Waals surface area contributed by atoms with Crippen LogP contribution in [0.3, 0.4) is 0 Å². The molecule has 2 aliphatic rings. The Bertz CT molecular complexity index is 1080. The molecule has 2 aromatic carbocycles. The summed E-state index contributed by atoms with van der Waals surface area (Å²) in [5.74, 6) is -0.00767. The van der Waals surface area contributed by atoms with Gasteiger partial charge in [-0.2, -0.15) is 5.10 Å². The second-order valence-electron chi connectivity index (χ2n) is 8.16. The fourth-order valence-electron chi connectivity index (χ4n) is 4.33. The summed E-state index contributed by atoms with van der Waals surface area (Å²) in [6.07, 6.45) is 3.22. The molecule has 0 spiro atoms. The van der Waals surface area contributed by atoms with Crippen LogP contribution in [0, 0.1) is 0 Å². The Labute approximate surface area is 187 Å². The molecule has 3 aromatic rings. The van der Waals surface area contributed by atoms with Crippen molar-refractivity contribution in [1.82, 2.24) is 19.6 Å². The van der Waals surface area contributed by atoms with Crippen molar-refractivity contribution in [3.05, 3.63) is 72.4 Å². The summed E-state index contributed by atoms with van der Waals surface area (Å²) in [5, 5.41) is 4.75. The number of rotatable bonds is 4. The van der Waals surface area contributed by atoms with E-state index in [9.17, 15) is 9.59 Å². The second-order valence-corrected chi connectivity index (χ2v) is 8.16. The van der Waals surface area contributed by atoms with Gasteiger partial charge in [-0.1, -0.05) is 48.5 Å². The first-order chi connectivity index (χ1) is 15.7. The third kappa shape index (κ3) is 4.03. The van der Waals surface area contributed by atoms with E-state index in [1.807, 2.05) is 76.7 Å². The van der Waals surface area contributed by atoms with E-state index < -0.39 is 0 Å². The molecule has 2 aliphatic heterocycles. The van der Waals surface area contributed by atoms with Gasteiger partial charge in [0.1, 0.15) is 11.8 Å². The SMILES string of the molecule is O=C(c1cn(-c2ccccc2)nc1-c1ccccc1)N1CCN(C(=O)C2CCCO2)CC1. The molecular formula is C25H26N4O3. The van der Waals surface area contributed by atoms with Gasteiger partial charge in [0.15, 0.2) is 0 Å². The number of ether oxygens (including phenoxy) is 1. The molecule has 164 valence electrons. The van der Waals surface area contributed by atoms with Crippen molar-refractivity contribution >= 4 is 11.8 Å². The lowest BCUT2D eigenvalue weighted by Gasteiger charge is -2.35. The zero-order chi connectivity index (χ0) is 21.9. The maximum atomic E-state index is 13.5. The summed E-state index contributed by atoms with van der Waals surface area (Å²) < 4.78 is 7.30. The molecule has 0 radical (unpaired) electrons. The lowest BCUT2D eigenvalue weighted by atomic mass is 10.1. The monoisotopic (exact) mass is 430 g/mol. The number of piperazine rings is 1. The first-order valence-electron chi connectivity index (χ1n) is 11.1.